The van der Waals surface area contributed by atoms with Crippen molar-refractivity contribution in [2.75, 3.05) is 0 Å². The van der Waals surface area contributed by atoms with E-state index in [4.69, 9.17) is 16.3 Å². The van der Waals surface area contributed by atoms with Crippen LogP contribution in [0.2, 0.25) is 5.02 Å². The third-order valence-corrected chi connectivity index (χ3v) is 4.44. The van der Waals surface area contributed by atoms with Crippen LogP contribution in [0.15, 0.2) is 18.2 Å². The second kappa shape index (κ2) is 6.33. The Hall–Kier alpha value is -0.770. The zero-order valence-electron chi connectivity index (χ0n) is 11.6. The molecule has 2 aliphatic rings. The highest BCUT2D eigenvalue weighted by Crippen LogP contribution is 2.33. The number of halogens is 1. The maximum Gasteiger partial charge on any atom is 0.142 e. The van der Waals surface area contributed by atoms with Gasteiger partial charge in [0.1, 0.15) is 11.9 Å². The number of ether oxygens (including phenoxy) is 1. The van der Waals surface area contributed by atoms with E-state index < -0.39 is 0 Å². The van der Waals surface area contributed by atoms with Crippen LogP contribution in [-0.4, -0.2) is 23.4 Å². The van der Waals surface area contributed by atoms with E-state index in [0.29, 0.717) is 11.1 Å². The normalized spacial score (nSPS) is 26.5. The molecule has 2 unspecified atom stereocenters. The average Bonchev–Trinajstić information content (AvgIpc) is 3.26. The number of hydrogen-bond donors (Lipinski definition) is 2. The summed E-state index contributed by atoms with van der Waals surface area (Å²) in [5.41, 5.74) is 1.09. The van der Waals surface area contributed by atoms with Gasteiger partial charge in [-0.2, -0.15) is 0 Å². The highest BCUT2D eigenvalue weighted by Gasteiger charge is 2.27. The molecular formula is C16H22ClNO2. The molecule has 2 fully saturated rings. The van der Waals surface area contributed by atoms with Crippen LogP contribution >= 0.6 is 11.6 Å². The number of aliphatic hydroxyl groups excluding tert-OH is 1. The Labute approximate surface area is 125 Å². The lowest BCUT2D eigenvalue weighted by Crippen LogP contribution is -2.35. The van der Waals surface area contributed by atoms with Crippen molar-refractivity contribution in [1.29, 1.82) is 0 Å². The number of para-hydroxylation sites is 1. The fourth-order valence-corrected chi connectivity index (χ4v) is 2.97. The first-order valence-corrected chi connectivity index (χ1v) is 7.97. The summed E-state index contributed by atoms with van der Waals surface area (Å²) in [6.07, 6.45) is 5.96. The minimum Gasteiger partial charge on any atom is -0.486 e. The number of benzene rings is 1. The predicted molar refractivity (Wildman–Crippen MR) is 80.2 cm³/mol. The third-order valence-electron chi connectivity index (χ3n) is 4.14. The molecule has 4 heteroatoms. The van der Waals surface area contributed by atoms with Crippen molar-refractivity contribution in [3.8, 4) is 5.75 Å². The summed E-state index contributed by atoms with van der Waals surface area (Å²) in [6.45, 7) is 0.781. The number of nitrogens with one attached hydrogen (secondary N) is 1. The minimum atomic E-state index is -0.371. The summed E-state index contributed by atoms with van der Waals surface area (Å²) in [4.78, 5) is 0. The van der Waals surface area contributed by atoms with E-state index in [1.165, 1.54) is 12.8 Å². The summed E-state index contributed by atoms with van der Waals surface area (Å²) < 4.78 is 6.06. The van der Waals surface area contributed by atoms with Crippen molar-refractivity contribution in [1.82, 2.24) is 5.32 Å². The second-order valence-electron chi connectivity index (χ2n) is 5.89. The van der Waals surface area contributed by atoms with Gasteiger partial charge in [0.2, 0.25) is 0 Å². The first-order valence-electron chi connectivity index (χ1n) is 7.59. The van der Waals surface area contributed by atoms with Gasteiger partial charge < -0.3 is 15.2 Å². The van der Waals surface area contributed by atoms with Gasteiger partial charge in [-0.05, 0) is 38.2 Å². The fourth-order valence-electron chi connectivity index (χ4n) is 2.73. The van der Waals surface area contributed by atoms with Gasteiger partial charge in [0.15, 0.2) is 0 Å². The van der Waals surface area contributed by atoms with Crippen LogP contribution in [-0.2, 0) is 6.54 Å². The molecule has 110 valence electrons. The molecule has 20 heavy (non-hydrogen) atoms. The van der Waals surface area contributed by atoms with Crippen molar-refractivity contribution in [2.45, 2.75) is 63.3 Å². The predicted octanol–water partition coefficient (Wildman–Crippen LogP) is 3.27. The third kappa shape index (κ3) is 3.46. The largest absolute Gasteiger partial charge is 0.486 e. The molecule has 2 saturated carbocycles. The Bertz CT molecular complexity index is 462. The molecule has 1 aromatic rings. The molecule has 0 radical (unpaired) electrons. The molecule has 0 aromatic heterocycles. The Morgan fingerprint density at radius 1 is 1.20 bits per heavy atom. The van der Waals surface area contributed by atoms with Crippen molar-refractivity contribution in [3.63, 3.8) is 0 Å². The van der Waals surface area contributed by atoms with Crippen LogP contribution in [0, 0.1) is 0 Å². The highest BCUT2D eigenvalue weighted by molar-refractivity contribution is 6.32. The lowest BCUT2D eigenvalue weighted by molar-refractivity contribution is 0.00641. The van der Waals surface area contributed by atoms with E-state index in [-0.39, 0.29) is 12.2 Å². The highest BCUT2D eigenvalue weighted by atomic mass is 35.5. The summed E-state index contributed by atoms with van der Waals surface area (Å²) >= 11 is 6.29. The van der Waals surface area contributed by atoms with Crippen molar-refractivity contribution in [2.24, 2.45) is 0 Å². The minimum absolute atomic E-state index is 0.122. The SMILES string of the molecule is OC1CCCCC1Oc1c(Cl)cccc1CNC1CC1. The zero-order chi connectivity index (χ0) is 13.9. The second-order valence-corrected chi connectivity index (χ2v) is 6.30. The average molecular weight is 296 g/mol. The van der Waals surface area contributed by atoms with E-state index >= 15 is 0 Å². The molecule has 0 saturated heterocycles. The van der Waals surface area contributed by atoms with Gasteiger partial charge in [0, 0.05) is 18.2 Å². The van der Waals surface area contributed by atoms with E-state index in [1.54, 1.807) is 0 Å². The van der Waals surface area contributed by atoms with E-state index in [1.807, 2.05) is 18.2 Å². The Morgan fingerprint density at radius 2 is 2.00 bits per heavy atom. The maximum absolute atomic E-state index is 10.1. The van der Waals surface area contributed by atoms with Crippen LogP contribution in [0.1, 0.15) is 44.1 Å². The van der Waals surface area contributed by atoms with Crippen molar-refractivity contribution < 1.29 is 9.84 Å². The quantitative estimate of drug-likeness (QED) is 0.876. The molecule has 0 spiro atoms. The van der Waals surface area contributed by atoms with Crippen molar-refractivity contribution >= 4 is 11.6 Å². The van der Waals surface area contributed by atoms with Crippen LogP contribution in [0.5, 0.6) is 5.75 Å². The molecule has 0 aliphatic heterocycles. The Morgan fingerprint density at radius 3 is 2.75 bits per heavy atom. The van der Waals surface area contributed by atoms with E-state index in [2.05, 4.69) is 5.32 Å². The van der Waals surface area contributed by atoms with Gasteiger partial charge in [-0.25, -0.2) is 0 Å². The topological polar surface area (TPSA) is 41.5 Å². The molecule has 0 amide bonds. The molecule has 0 bridgehead atoms. The molecule has 2 aliphatic carbocycles. The number of rotatable bonds is 5. The lowest BCUT2D eigenvalue weighted by Gasteiger charge is -2.29. The first kappa shape index (κ1) is 14.2. The van der Waals surface area contributed by atoms with Gasteiger partial charge in [0.25, 0.3) is 0 Å². The van der Waals surface area contributed by atoms with Gasteiger partial charge in [-0.15, -0.1) is 0 Å². The summed E-state index contributed by atoms with van der Waals surface area (Å²) in [6, 6.07) is 6.51. The van der Waals surface area contributed by atoms with E-state index in [0.717, 1.165) is 43.5 Å². The fraction of sp³-hybridized carbons (Fsp3) is 0.625. The van der Waals surface area contributed by atoms with Gasteiger partial charge in [0.05, 0.1) is 11.1 Å². The standard InChI is InChI=1S/C16H22ClNO2/c17-13-5-3-4-11(10-18-12-8-9-12)16(13)20-15-7-2-1-6-14(15)19/h3-5,12,14-15,18-19H,1-2,6-10H2. The Kier molecular flexibility index (Phi) is 4.49. The van der Waals surface area contributed by atoms with Gasteiger partial charge in [-0.1, -0.05) is 30.2 Å². The monoisotopic (exact) mass is 295 g/mol. The summed E-state index contributed by atoms with van der Waals surface area (Å²) in [7, 11) is 0. The van der Waals surface area contributed by atoms with Crippen LogP contribution in [0.3, 0.4) is 0 Å². The maximum atomic E-state index is 10.1. The molecule has 0 heterocycles. The van der Waals surface area contributed by atoms with Crippen LogP contribution < -0.4 is 10.1 Å². The number of hydrogen-bond acceptors (Lipinski definition) is 3. The molecule has 2 N–H and O–H groups in total. The number of aliphatic hydroxyl groups is 1. The summed E-state index contributed by atoms with van der Waals surface area (Å²) in [5.74, 6) is 0.744. The van der Waals surface area contributed by atoms with Crippen LogP contribution in [0.25, 0.3) is 0 Å². The first-order chi connectivity index (χ1) is 9.74. The molecule has 1 aromatic carbocycles. The zero-order valence-corrected chi connectivity index (χ0v) is 12.4. The van der Waals surface area contributed by atoms with Gasteiger partial charge in [-0.3, -0.25) is 0 Å². The van der Waals surface area contributed by atoms with Gasteiger partial charge >= 0.3 is 0 Å². The molecule has 3 nitrogen and oxygen atoms in total. The molecule has 3 rings (SSSR count). The van der Waals surface area contributed by atoms with Crippen LogP contribution in [0.4, 0.5) is 0 Å². The summed E-state index contributed by atoms with van der Waals surface area (Å²) in [5, 5.41) is 14.2. The lowest BCUT2D eigenvalue weighted by atomic mass is 9.95. The molecular weight excluding hydrogens is 274 g/mol. The van der Waals surface area contributed by atoms with Crippen molar-refractivity contribution in [3.05, 3.63) is 28.8 Å². The smallest absolute Gasteiger partial charge is 0.142 e. The molecule has 2 atom stereocenters. The Balaban J connectivity index is 1.72. The van der Waals surface area contributed by atoms with E-state index in [9.17, 15) is 5.11 Å².